The number of esters is 1. The van der Waals surface area contributed by atoms with Crippen molar-refractivity contribution in [2.45, 2.75) is 38.0 Å². The van der Waals surface area contributed by atoms with Gasteiger partial charge in [-0.05, 0) is 26.2 Å². The standard InChI is InChI=1S/C18H24N2O5S2/c1-10-14(24-2)7-13(21)11-8-27-9-12(17(19)22)20-15(26)5-3-4-6-25-18(23)16(10)11/h7,12,21H,3-6,8-9H2,1-2H3,(H2,19,22)(H,20,26)/t12-/m0/s1. The van der Waals surface area contributed by atoms with Crippen molar-refractivity contribution in [2.75, 3.05) is 19.5 Å². The van der Waals surface area contributed by atoms with Crippen molar-refractivity contribution in [2.24, 2.45) is 5.73 Å². The molecule has 2 rings (SSSR count). The molecule has 0 aliphatic carbocycles. The molecule has 0 unspecified atom stereocenters. The highest BCUT2D eigenvalue weighted by molar-refractivity contribution is 7.98. The van der Waals surface area contributed by atoms with Crippen LogP contribution in [-0.2, 0) is 15.3 Å². The van der Waals surface area contributed by atoms with Gasteiger partial charge in [-0.15, -0.1) is 0 Å². The first-order valence-corrected chi connectivity index (χ1v) is 10.1. The van der Waals surface area contributed by atoms with E-state index in [2.05, 4.69) is 5.32 Å². The summed E-state index contributed by atoms with van der Waals surface area (Å²) in [5, 5.41) is 13.4. The number of fused-ring (bicyclic) bond motifs is 1. The summed E-state index contributed by atoms with van der Waals surface area (Å²) >= 11 is 6.62. The third-order valence-corrected chi connectivity index (χ3v) is 5.67. The van der Waals surface area contributed by atoms with Crippen LogP contribution in [0.2, 0.25) is 0 Å². The van der Waals surface area contributed by atoms with Crippen molar-refractivity contribution < 1.29 is 24.2 Å². The molecule has 1 heterocycles. The zero-order valence-corrected chi connectivity index (χ0v) is 17.0. The summed E-state index contributed by atoms with van der Waals surface area (Å²) in [5.41, 5.74) is 6.82. The molecule has 0 fully saturated rings. The van der Waals surface area contributed by atoms with E-state index in [-0.39, 0.29) is 12.4 Å². The number of thiocarbonyl (C=S) groups is 1. The molecule has 1 aliphatic rings. The van der Waals surface area contributed by atoms with Gasteiger partial charge in [-0.2, -0.15) is 11.8 Å². The number of nitrogens with one attached hydrogen (secondary N) is 1. The van der Waals surface area contributed by atoms with Crippen LogP contribution < -0.4 is 15.8 Å². The Morgan fingerprint density at radius 1 is 1.48 bits per heavy atom. The number of amides is 1. The second-order valence-electron chi connectivity index (χ2n) is 6.21. The normalized spacial score (nSPS) is 19.3. The Morgan fingerprint density at radius 2 is 2.22 bits per heavy atom. The van der Waals surface area contributed by atoms with E-state index in [4.69, 9.17) is 27.4 Å². The quantitative estimate of drug-likeness (QED) is 0.500. The van der Waals surface area contributed by atoms with Crippen molar-refractivity contribution in [3.05, 3.63) is 22.8 Å². The predicted octanol–water partition coefficient (Wildman–Crippen LogP) is 2.05. The number of cyclic esters (lactones) is 1. The zero-order valence-electron chi connectivity index (χ0n) is 15.4. The average molecular weight is 413 g/mol. The Morgan fingerprint density at radius 3 is 2.89 bits per heavy atom. The van der Waals surface area contributed by atoms with Crippen LogP contribution in [0, 0.1) is 6.92 Å². The molecule has 0 spiro atoms. The highest BCUT2D eigenvalue weighted by atomic mass is 32.2. The van der Waals surface area contributed by atoms with Gasteiger partial charge >= 0.3 is 5.97 Å². The maximum Gasteiger partial charge on any atom is 0.338 e. The van der Waals surface area contributed by atoms with E-state index in [9.17, 15) is 14.7 Å². The second kappa shape index (κ2) is 9.80. The fourth-order valence-electron chi connectivity index (χ4n) is 2.80. The number of rotatable bonds is 2. The molecule has 148 valence electrons. The van der Waals surface area contributed by atoms with Gasteiger partial charge in [0.1, 0.15) is 17.5 Å². The molecule has 1 aliphatic heterocycles. The van der Waals surface area contributed by atoms with Crippen LogP contribution in [0.5, 0.6) is 11.5 Å². The maximum atomic E-state index is 12.6. The van der Waals surface area contributed by atoms with E-state index >= 15 is 0 Å². The van der Waals surface area contributed by atoms with Crippen LogP contribution in [0.3, 0.4) is 0 Å². The number of nitrogens with two attached hydrogens (primary N) is 1. The Hall–Kier alpha value is -2.00. The van der Waals surface area contributed by atoms with Crippen LogP contribution in [0.15, 0.2) is 6.07 Å². The SMILES string of the molecule is COc1cc(O)c2c(c1C)C(=O)OCCCCC(=S)N[C@H](C(N)=O)CSC2. The fraction of sp³-hybridized carbons (Fsp3) is 0.500. The highest BCUT2D eigenvalue weighted by Gasteiger charge is 2.24. The number of methoxy groups -OCH3 is 1. The van der Waals surface area contributed by atoms with Crippen molar-refractivity contribution in [3.8, 4) is 11.5 Å². The summed E-state index contributed by atoms with van der Waals surface area (Å²) in [6.45, 7) is 1.99. The number of hydrogen-bond donors (Lipinski definition) is 3. The first kappa shape index (κ1) is 21.3. The lowest BCUT2D eigenvalue weighted by atomic mass is 10.0. The van der Waals surface area contributed by atoms with Gasteiger partial charge in [-0.3, -0.25) is 4.79 Å². The number of benzene rings is 1. The van der Waals surface area contributed by atoms with Crippen LogP contribution in [0.4, 0.5) is 0 Å². The topological polar surface area (TPSA) is 111 Å². The Kier molecular flexibility index (Phi) is 7.73. The number of aromatic hydroxyl groups is 1. The lowest BCUT2D eigenvalue weighted by Crippen LogP contribution is -2.45. The van der Waals surface area contributed by atoms with Gasteiger partial charge in [-0.25, -0.2) is 4.79 Å². The number of carbonyl (C=O) groups excluding carboxylic acids is 2. The summed E-state index contributed by atoms with van der Waals surface area (Å²) in [7, 11) is 1.48. The monoisotopic (exact) mass is 412 g/mol. The first-order valence-electron chi connectivity index (χ1n) is 8.58. The van der Waals surface area contributed by atoms with Crippen molar-refractivity contribution >= 4 is 40.8 Å². The summed E-state index contributed by atoms with van der Waals surface area (Å²) in [6.07, 6.45) is 1.94. The van der Waals surface area contributed by atoms with E-state index in [1.54, 1.807) is 6.92 Å². The minimum absolute atomic E-state index is 0.0527. The smallest absolute Gasteiger partial charge is 0.338 e. The molecule has 0 bridgehead atoms. The molecule has 0 aromatic heterocycles. The van der Waals surface area contributed by atoms with Gasteiger partial charge in [0.15, 0.2) is 0 Å². The zero-order chi connectivity index (χ0) is 20.0. The summed E-state index contributed by atoms with van der Waals surface area (Å²) in [4.78, 5) is 24.9. The van der Waals surface area contributed by atoms with E-state index in [0.717, 1.165) is 0 Å². The number of ether oxygens (including phenoxy) is 2. The molecule has 1 aromatic carbocycles. The minimum Gasteiger partial charge on any atom is -0.507 e. The molecule has 27 heavy (non-hydrogen) atoms. The van der Waals surface area contributed by atoms with Gasteiger partial charge in [0.2, 0.25) is 5.91 Å². The third kappa shape index (κ3) is 5.49. The summed E-state index contributed by atoms with van der Waals surface area (Å²) < 4.78 is 10.6. The van der Waals surface area contributed by atoms with E-state index in [0.29, 0.717) is 58.2 Å². The molecule has 0 saturated carbocycles. The first-order chi connectivity index (χ1) is 12.8. The van der Waals surface area contributed by atoms with Gasteiger partial charge < -0.3 is 25.6 Å². The number of carbonyl (C=O) groups is 2. The molecule has 0 saturated heterocycles. The molecule has 1 amide bonds. The van der Waals surface area contributed by atoms with Crippen LogP contribution in [-0.4, -0.2) is 47.5 Å². The maximum absolute atomic E-state index is 12.6. The van der Waals surface area contributed by atoms with Crippen LogP contribution >= 0.6 is 24.0 Å². The Bertz CT molecular complexity index is 739. The molecular weight excluding hydrogens is 388 g/mol. The fourth-order valence-corrected chi connectivity index (χ4v) is 4.18. The van der Waals surface area contributed by atoms with E-state index < -0.39 is 17.9 Å². The van der Waals surface area contributed by atoms with Gasteiger partial charge in [0, 0.05) is 28.7 Å². The third-order valence-electron chi connectivity index (χ3n) is 4.29. The van der Waals surface area contributed by atoms with E-state index in [1.165, 1.54) is 24.9 Å². The van der Waals surface area contributed by atoms with Gasteiger partial charge in [0.25, 0.3) is 0 Å². The molecule has 9 heteroatoms. The van der Waals surface area contributed by atoms with Gasteiger partial charge in [0.05, 0.1) is 24.3 Å². The predicted molar refractivity (Wildman–Crippen MR) is 108 cm³/mol. The van der Waals surface area contributed by atoms with Crippen LogP contribution in [0.25, 0.3) is 0 Å². The lowest BCUT2D eigenvalue weighted by molar-refractivity contribution is -0.119. The number of phenols is 1. The Balaban J connectivity index is 2.36. The minimum atomic E-state index is -0.609. The molecule has 0 radical (unpaired) electrons. The lowest BCUT2D eigenvalue weighted by Gasteiger charge is -2.20. The molecule has 1 aromatic rings. The number of hydrogen-bond acceptors (Lipinski definition) is 7. The van der Waals surface area contributed by atoms with E-state index in [1.807, 2.05) is 0 Å². The van der Waals surface area contributed by atoms with Gasteiger partial charge in [-0.1, -0.05) is 12.2 Å². The van der Waals surface area contributed by atoms with Crippen molar-refractivity contribution in [1.82, 2.24) is 5.32 Å². The highest BCUT2D eigenvalue weighted by Crippen LogP contribution is 2.35. The number of primary amides is 1. The Labute approximate surface area is 168 Å². The molecule has 7 nitrogen and oxygen atoms in total. The largest absolute Gasteiger partial charge is 0.507 e. The number of phenolic OH excluding ortho intramolecular Hbond substituents is 1. The summed E-state index contributed by atoms with van der Waals surface area (Å²) in [6, 6.07) is 0.867. The second-order valence-corrected chi connectivity index (χ2v) is 7.73. The summed E-state index contributed by atoms with van der Waals surface area (Å²) in [5.74, 6) is 0.0287. The molecule has 1 atom stereocenters. The van der Waals surface area contributed by atoms with Crippen molar-refractivity contribution in [3.63, 3.8) is 0 Å². The van der Waals surface area contributed by atoms with Crippen LogP contribution in [0.1, 0.15) is 40.7 Å². The average Bonchev–Trinajstić information content (AvgIpc) is 2.62. The van der Waals surface area contributed by atoms with Crippen molar-refractivity contribution in [1.29, 1.82) is 0 Å². The molecular formula is C18H24N2O5S2. The number of thioether (sulfide) groups is 1. The molecule has 4 N–H and O–H groups in total.